The number of carbonyl (C=O) groups excluding carboxylic acids is 1. The topological polar surface area (TPSA) is 89.8 Å². The first-order chi connectivity index (χ1) is 18.1. The zero-order valence-corrected chi connectivity index (χ0v) is 24.3. The summed E-state index contributed by atoms with van der Waals surface area (Å²) in [5, 5.41) is 33.1. The molecule has 0 bridgehead atoms. The van der Waals surface area contributed by atoms with Gasteiger partial charge < -0.3 is 20.6 Å². The molecule has 5 nitrogen and oxygen atoms in total. The van der Waals surface area contributed by atoms with Crippen molar-refractivity contribution in [2.45, 2.75) is 167 Å². The van der Waals surface area contributed by atoms with Gasteiger partial charge in [-0.15, -0.1) is 0 Å². The van der Waals surface area contributed by atoms with Gasteiger partial charge >= 0.3 is 0 Å². The van der Waals surface area contributed by atoms with E-state index in [0.29, 0.717) is 12.8 Å². The van der Waals surface area contributed by atoms with Gasteiger partial charge in [-0.2, -0.15) is 0 Å². The Morgan fingerprint density at radius 1 is 0.649 bits per heavy atom. The summed E-state index contributed by atoms with van der Waals surface area (Å²) in [6.07, 6.45) is 29.8. The van der Waals surface area contributed by atoms with E-state index in [9.17, 15) is 20.1 Å². The molecule has 0 aliphatic heterocycles. The molecule has 5 heteroatoms. The summed E-state index contributed by atoms with van der Waals surface area (Å²) in [5.74, 6) is -0.169. The molecule has 0 aromatic heterocycles. The van der Waals surface area contributed by atoms with Crippen LogP contribution < -0.4 is 5.32 Å². The predicted octanol–water partition coefficient (Wildman–Crippen LogP) is 7.53. The van der Waals surface area contributed by atoms with Gasteiger partial charge in [0.15, 0.2) is 0 Å². The second-order valence-electron chi connectivity index (χ2n) is 10.6. The largest absolute Gasteiger partial charge is 0.394 e. The number of hydrogen-bond donors (Lipinski definition) is 4. The molecule has 0 aromatic carbocycles. The van der Waals surface area contributed by atoms with Gasteiger partial charge in [0.1, 0.15) is 6.10 Å². The van der Waals surface area contributed by atoms with Crippen LogP contribution in [0, 0.1) is 0 Å². The van der Waals surface area contributed by atoms with E-state index in [-0.39, 0.29) is 12.5 Å². The molecular formula is C32H61NO4. The van der Waals surface area contributed by atoms with E-state index in [0.717, 1.165) is 44.9 Å². The zero-order chi connectivity index (χ0) is 27.4. The van der Waals surface area contributed by atoms with Crippen LogP contribution in [-0.4, -0.2) is 46.1 Å². The minimum Gasteiger partial charge on any atom is -0.394 e. The van der Waals surface area contributed by atoms with Gasteiger partial charge in [0.2, 0.25) is 5.91 Å². The fourth-order valence-electron chi connectivity index (χ4n) is 4.49. The fraction of sp³-hybridized carbons (Fsp3) is 0.844. The van der Waals surface area contributed by atoms with Crippen LogP contribution >= 0.6 is 0 Å². The molecule has 0 saturated heterocycles. The molecule has 0 rings (SSSR count). The molecule has 0 radical (unpaired) electrons. The lowest BCUT2D eigenvalue weighted by Crippen LogP contribution is -2.50. The second kappa shape index (κ2) is 27.9. The maximum Gasteiger partial charge on any atom is 0.220 e. The van der Waals surface area contributed by atoms with E-state index in [1.54, 1.807) is 0 Å². The zero-order valence-electron chi connectivity index (χ0n) is 24.3. The van der Waals surface area contributed by atoms with Crippen molar-refractivity contribution in [1.82, 2.24) is 5.32 Å². The van der Waals surface area contributed by atoms with Crippen LogP contribution in [0.25, 0.3) is 0 Å². The Labute approximate surface area is 229 Å². The number of allylic oxidation sites excluding steroid dienone is 4. The van der Waals surface area contributed by atoms with Crippen LogP contribution in [0.15, 0.2) is 24.3 Å². The Hall–Kier alpha value is -1.17. The standard InChI is InChI=1S/C32H61NO4/c1-3-5-7-9-11-13-15-17-18-20-22-24-26-30(35)32(37)29(28-34)33-31(36)27-25-23-21-19-16-14-12-10-8-6-4-2/h10,12,18,20,29-30,32,34-35,37H,3-9,11,13-17,19,21-28H2,1-2H3,(H,33,36)/b12-10-,20-18+. The van der Waals surface area contributed by atoms with Gasteiger partial charge in [-0.05, 0) is 57.8 Å². The summed E-state index contributed by atoms with van der Waals surface area (Å²) in [7, 11) is 0. The maximum atomic E-state index is 12.2. The van der Waals surface area contributed by atoms with Gasteiger partial charge in [-0.1, -0.05) is 109 Å². The van der Waals surface area contributed by atoms with Crippen LogP contribution in [0.3, 0.4) is 0 Å². The Morgan fingerprint density at radius 2 is 1.11 bits per heavy atom. The van der Waals surface area contributed by atoms with Crippen LogP contribution in [-0.2, 0) is 4.79 Å². The van der Waals surface area contributed by atoms with E-state index >= 15 is 0 Å². The maximum absolute atomic E-state index is 12.2. The van der Waals surface area contributed by atoms with Gasteiger partial charge in [0, 0.05) is 6.42 Å². The monoisotopic (exact) mass is 523 g/mol. The lowest BCUT2D eigenvalue weighted by molar-refractivity contribution is -0.124. The van der Waals surface area contributed by atoms with Gasteiger partial charge in [0.05, 0.1) is 18.8 Å². The number of aliphatic hydroxyl groups is 3. The van der Waals surface area contributed by atoms with Gasteiger partial charge in [-0.25, -0.2) is 0 Å². The molecule has 0 heterocycles. The number of rotatable bonds is 27. The number of amides is 1. The van der Waals surface area contributed by atoms with Crippen molar-refractivity contribution < 1.29 is 20.1 Å². The Kier molecular flexibility index (Phi) is 27.0. The Balaban J connectivity index is 3.83. The SMILES string of the molecule is CCCC/C=C\CCCCCCCC(=O)NC(CO)C(O)C(O)CCC/C=C/CCCCCCCCC. The fourth-order valence-corrected chi connectivity index (χ4v) is 4.49. The lowest BCUT2D eigenvalue weighted by atomic mass is 10.0. The van der Waals surface area contributed by atoms with E-state index in [2.05, 4.69) is 43.5 Å². The molecule has 218 valence electrons. The normalized spacial score (nSPS) is 14.4. The van der Waals surface area contributed by atoms with Crippen molar-refractivity contribution >= 4 is 5.91 Å². The molecule has 1 amide bonds. The highest BCUT2D eigenvalue weighted by atomic mass is 16.3. The summed E-state index contributed by atoms with van der Waals surface area (Å²) in [4.78, 5) is 12.2. The molecule has 0 saturated carbocycles. The minimum atomic E-state index is -1.16. The molecule has 0 aliphatic carbocycles. The quantitative estimate of drug-likeness (QED) is 0.0661. The first-order valence-electron chi connectivity index (χ1n) is 15.6. The number of carbonyl (C=O) groups is 1. The molecule has 3 atom stereocenters. The molecule has 0 aromatic rings. The van der Waals surface area contributed by atoms with Crippen molar-refractivity contribution in [3.05, 3.63) is 24.3 Å². The Bertz CT molecular complexity index is 549. The summed E-state index contributed by atoms with van der Waals surface area (Å²) in [6.45, 7) is 4.07. The van der Waals surface area contributed by atoms with Crippen molar-refractivity contribution in [1.29, 1.82) is 0 Å². The summed E-state index contributed by atoms with van der Waals surface area (Å²) in [6, 6.07) is -0.824. The Morgan fingerprint density at radius 3 is 1.65 bits per heavy atom. The summed E-state index contributed by atoms with van der Waals surface area (Å²) in [5.41, 5.74) is 0. The van der Waals surface area contributed by atoms with E-state index < -0.39 is 18.2 Å². The first-order valence-corrected chi connectivity index (χ1v) is 15.6. The summed E-state index contributed by atoms with van der Waals surface area (Å²) >= 11 is 0. The van der Waals surface area contributed by atoms with Crippen molar-refractivity contribution in [2.75, 3.05) is 6.61 Å². The average molecular weight is 524 g/mol. The minimum absolute atomic E-state index is 0.169. The third kappa shape index (κ3) is 23.7. The van der Waals surface area contributed by atoms with Crippen molar-refractivity contribution in [3.8, 4) is 0 Å². The van der Waals surface area contributed by atoms with Crippen LogP contribution in [0.1, 0.15) is 149 Å². The molecule has 0 spiro atoms. The van der Waals surface area contributed by atoms with Gasteiger partial charge in [0.25, 0.3) is 0 Å². The summed E-state index contributed by atoms with van der Waals surface area (Å²) < 4.78 is 0. The highest BCUT2D eigenvalue weighted by Crippen LogP contribution is 2.12. The third-order valence-electron chi connectivity index (χ3n) is 7.03. The lowest BCUT2D eigenvalue weighted by Gasteiger charge is -2.26. The number of unbranched alkanes of at least 4 members (excludes halogenated alkanes) is 15. The van der Waals surface area contributed by atoms with Crippen molar-refractivity contribution in [3.63, 3.8) is 0 Å². The van der Waals surface area contributed by atoms with Gasteiger partial charge in [-0.3, -0.25) is 4.79 Å². The van der Waals surface area contributed by atoms with Crippen LogP contribution in [0.5, 0.6) is 0 Å². The van der Waals surface area contributed by atoms with E-state index in [4.69, 9.17) is 0 Å². The van der Waals surface area contributed by atoms with E-state index in [1.807, 2.05) is 0 Å². The molecule has 3 unspecified atom stereocenters. The highest BCUT2D eigenvalue weighted by molar-refractivity contribution is 5.76. The molecule has 4 N–H and O–H groups in total. The third-order valence-corrected chi connectivity index (χ3v) is 7.03. The molecule has 0 aliphatic rings. The predicted molar refractivity (Wildman–Crippen MR) is 158 cm³/mol. The highest BCUT2D eigenvalue weighted by Gasteiger charge is 2.26. The number of aliphatic hydroxyl groups excluding tert-OH is 3. The molecular weight excluding hydrogens is 462 g/mol. The van der Waals surface area contributed by atoms with E-state index in [1.165, 1.54) is 77.0 Å². The molecule has 0 fully saturated rings. The number of nitrogens with one attached hydrogen (secondary N) is 1. The van der Waals surface area contributed by atoms with Crippen LogP contribution in [0.4, 0.5) is 0 Å². The van der Waals surface area contributed by atoms with Crippen LogP contribution in [0.2, 0.25) is 0 Å². The first kappa shape index (κ1) is 35.8. The second-order valence-corrected chi connectivity index (χ2v) is 10.6. The molecule has 37 heavy (non-hydrogen) atoms. The average Bonchev–Trinajstić information content (AvgIpc) is 2.90. The van der Waals surface area contributed by atoms with Crippen molar-refractivity contribution in [2.24, 2.45) is 0 Å². The number of hydrogen-bond acceptors (Lipinski definition) is 4. The smallest absolute Gasteiger partial charge is 0.220 e.